The molecule has 3 heterocycles. The highest BCUT2D eigenvalue weighted by Crippen LogP contribution is 2.62. The van der Waals surface area contributed by atoms with Crippen molar-refractivity contribution in [2.24, 2.45) is 0 Å². The lowest BCUT2D eigenvalue weighted by Gasteiger charge is -2.40. The molecule has 1 saturated carbocycles. The average Bonchev–Trinajstić information content (AvgIpc) is 3.46. The fraction of sp³-hybridized carbons (Fsp3) is 0.600. The second-order valence-corrected chi connectivity index (χ2v) is 8.98. The van der Waals surface area contributed by atoms with Crippen LogP contribution in [0.1, 0.15) is 40.2 Å². The molecule has 4 N–H and O–H groups in total. The Hall–Kier alpha value is -2.14. The summed E-state index contributed by atoms with van der Waals surface area (Å²) in [5.74, 6) is -1.06. The molecule has 10 heteroatoms. The van der Waals surface area contributed by atoms with Crippen LogP contribution in [0.5, 0.6) is 5.75 Å². The van der Waals surface area contributed by atoms with Gasteiger partial charge in [-0.05, 0) is 17.5 Å². The summed E-state index contributed by atoms with van der Waals surface area (Å²) < 4.78 is 11.5. The minimum Gasteiger partial charge on any atom is -0.583 e. The largest absolute Gasteiger partial charge is 0.583 e. The fourth-order valence-corrected chi connectivity index (χ4v) is 5.13. The first-order valence-electron chi connectivity index (χ1n) is 10.6. The first-order valence-corrected chi connectivity index (χ1v) is 10.6. The van der Waals surface area contributed by atoms with Crippen molar-refractivity contribution in [3.8, 4) is 5.75 Å². The lowest BCUT2D eigenvalue weighted by molar-refractivity contribution is -0.143. The number of benzene rings is 1. The molecule has 0 aromatic heterocycles. The van der Waals surface area contributed by atoms with Crippen LogP contribution in [0.25, 0.3) is 0 Å². The van der Waals surface area contributed by atoms with Gasteiger partial charge in [-0.2, -0.15) is 0 Å². The molecule has 30 heavy (non-hydrogen) atoms. The van der Waals surface area contributed by atoms with Gasteiger partial charge in [-0.25, -0.2) is 4.79 Å². The number of carbonyl (C=O) groups is 2. The fourth-order valence-electron chi connectivity index (χ4n) is 5.13. The van der Waals surface area contributed by atoms with Crippen molar-refractivity contribution in [3.63, 3.8) is 0 Å². The van der Waals surface area contributed by atoms with Crippen LogP contribution in [-0.4, -0.2) is 83.5 Å². The molecule has 1 aliphatic carbocycles. The number of rotatable bonds is 5. The second kappa shape index (κ2) is 7.23. The maximum Gasteiger partial charge on any atom is 0.339 e. The molecule has 0 radical (unpaired) electrons. The molecular formula is C20H26BN2O7-. The number of amides is 1. The number of fused-ring (bicyclic) bond motifs is 3. The molecule has 0 unspecified atom stereocenters. The van der Waals surface area contributed by atoms with Gasteiger partial charge in [0.15, 0.2) is 0 Å². The van der Waals surface area contributed by atoms with Gasteiger partial charge in [0.25, 0.3) is 0 Å². The first kappa shape index (κ1) is 19.8. The zero-order chi connectivity index (χ0) is 21.0. The molecule has 5 rings (SSSR count). The summed E-state index contributed by atoms with van der Waals surface area (Å²) in [4.78, 5) is 26.1. The number of nitrogens with zero attached hydrogens (tertiary/aromatic N) is 1. The number of carboxylic acids is 1. The average molecular weight is 417 g/mol. The number of hydrogen-bond donors (Lipinski definition) is 4. The summed E-state index contributed by atoms with van der Waals surface area (Å²) in [5, 5.41) is 33.6. The van der Waals surface area contributed by atoms with Gasteiger partial charge < -0.3 is 34.8 Å². The van der Waals surface area contributed by atoms with Gasteiger partial charge in [0, 0.05) is 13.1 Å². The highest BCUT2D eigenvalue weighted by atomic mass is 16.5. The maximum atomic E-state index is 12.4. The Kier molecular flexibility index (Phi) is 4.77. The molecule has 3 fully saturated rings. The number of hydrogen-bond acceptors (Lipinski definition) is 7. The van der Waals surface area contributed by atoms with E-state index >= 15 is 0 Å². The third-order valence-electron chi connectivity index (χ3n) is 6.86. The first-order chi connectivity index (χ1) is 14.3. The summed E-state index contributed by atoms with van der Waals surface area (Å²) in [5.41, 5.74) is 1.37. The third kappa shape index (κ3) is 3.47. The smallest absolute Gasteiger partial charge is 0.339 e. The Bertz CT molecular complexity index is 880. The Balaban J connectivity index is 1.25. The van der Waals surface area contributed by atoms with Crippen LogP contribution in [0.3, 0.4) is 0 Å². The van der Waals surface area contributed by atoms with Crippen LogP contribution in [0.2, 0.25) is 5.82 Å². The number of aromatic carboxylic acids is 1. The van der Waals surface area contributed by atoms with Crippen molar-refractivity contribution in [2.45, 2.75) is 43.1 Å². The molecule has 0 bridgehead atoms. The summed E-state index contributed by atoms with van der Waals surface area (Å²) in [6.07, 6.45) is 0.542. The standard InChI is InChI=1S/C20H26BN2O7/c24-18(5-11-8-22-3-4-29-11)23-9-12(10-23)30-17-2-1-13-14-6-16(14)21(27,28)7-15(13)19(17)20(25)26/h1-2,11-12,14,16,22,27-28H,3-10H2,(H,25,26)/q-1/t11-,14-,16-/m0/s1. The monoisotopic (exact) mass is 417 g/mol. The van der Waals surface area contributed by atoms with Crippen molar-refractivity contribution in [2.75, 3.05) is 32.8 Å². The van der Waals surface area contributed by atoms with Crippen LogP contribution in [0.4, 0.5) is 0 Å². The predicted octanol–water partition coefficient (Wildman–Crippen LogP) is -0.267. The highest BCUT2D eigenvalue weighted by Gasteiger charge is 2.52. The minimum atomic E-state index is -2.58. The molecule has 0 spiro atoms. The number of morpholine rings is 1. The summed E-state index contributed by atoms with van der Waals surface area (Å²) in [6, 6.07) is 3.51. The second-order valence-electron chi connectivity index (χ2n) is 8.98. The van der Waals surface area contributed by atoms with E-state index in [4.69, 9.17) is 9.47 Å². The molecule has 1 aromatic rings. The van der Waals surface area contributed by atoms with Crippen LogP contribution >= 0.6 is 0 Å². The van der Waals surface area contributed by atoms with Crippen molar-refractivity contribution < 1.29 is 34.2 Å². The van der Waals surface area contributed by atoms with Crippen LogP contribution < -0.4 is 10.1 Å². The summed E-state index contributed by atoms with van der Waals surface area (Å²) in [6.45, 7) is 0.277. The maximum absolute atomic E-state index is 12.4. The lowest BCUT2D eigenvalue weighted by Crippen LogP contribution is -2.57. The van der Waals surface area contributed by atoms with E-state index in [0.29, 0.717) is 44.6 Å². The number of carboxylic acid groups (broad SMARTS) is 1. The van der Waals surface area contributed by atoms with Crippen molar-refractivity contribution in [3.05, 3.63) is 28.8 Å². The molecule has 2 saturated heterocycles. The third-order valence-corrected chi connectivity index (χ3v) is 6.86. The van der Waals surface area contributed by atoms with E-state index in [1.165, 1.54) is 0 Å². The van der Waals surface area contributed by atoms with Gasteiger partial charge >= 0.3 is 5.97 Å². The Morgan fingerprint density at radius 2 is 2.10 bits per heavy atom. The predicted molar refractivity (Wildman–Crippen MR) is 107 cm³/mol. The SMILES string of the molecule is O=C(O)c1c(OC2CN(C(=O)C[C@H]3CNCCO3)C2)ccc2c1C[B-](O)(O)[C@H]1C[C@@H]21. The molecule has 1 amide bonds. The lowest BCUT2D eigenvalue weighted by atomic mass is 9.45. The van der Waals surface area contributed by atoms with Crippen molar-refractivity contribution in [1.29, 1.82) is 0 Å². The summed E-state index contributed by atoms with van der Waals surface area (Å²) >= 11 is 0. The molecular weight excluding hydrogens is 391 g/mol. The molecule has 3 atom stereocenters. The van der Waals surface area contributed by atoms with E-state index in [9.17, 15) is 24.7 Å². The molecule has 3 aliphatic heterocycles. The van der Waals surface area contributed by atoms with Gasteiger partial charge in [-0.15, -0.1) is 5.82 Å². The number of carbonyl (C=O) groups excluding carboxylic acids is 1. The quantitative estimate of drug-likeness (QED) is 0.483. The van der Waals surface area contributed by atoms with E-state index in [2.05, 4.69) is 5.32 Å². The highest BCUT2D eigenvalue weighted by molar-refractivity contribution is 6.67. The van der Waals surface area contributed by atoms with Gasteiger partial charge in [-0.3, -0.25) is 4.79 Å². The molecule has 1 aromatic carbocycles. The van der Waals surface area contributed by atoms with E-state index < -0.39 is 12.5 Å². The van der Waals surface area contributed by atoms with Crippen molar-refractivity contribution in [1.82, 2.24) is 10.2 Å². The Morgan fingerprint density at radius 1 is 1.30 bits per heavy atom. The van der Waals surface area contributed by atoms with Crippen molar-refractivity contribution >= 4 is 18.4 Å². The Labute approximate surface area is 173 Å². The molecule has 4 aliphatic rings. The normalized spacial score (nSPS) is 29.4. The topological polar surface area (TPSA) is 129 Å². The van der Waals surface area contributed by atoms with Gasteiger partial charge in [0.2, 0.25) is 12.5 Å². The van der Waals surface area contributed by atoms with Crippen LogP contribution in [0.15, 0.2) is 12.1 Å². The van der Waals surface area contributed by atoms with Gasteiger partial charge in [-0.1, -0.05) is 24.4 Å². The van der Waals surface area contributed by atoms with E-state index in [-0.39, 0.29) is 47.5 Å². The van der Waals surface area contributed by atoms with E-state index in [1.807, 2.05) is 6.07 Å². The molecule has 9 nitrogen and oxygen atoms in total. The molecule has 162 valence electrons. The van der Waals surface area contributed by atoms with Crippen LogP contribution in [-0.2, 0) is 15.9 Å². The van der Waals surface area contributed by atoms with E-state index in [0.717, 1.165) is 12.1 Å². The number of ether oxygens (including phenoxy) is 2. The Morgan fingerprint density at radius 3 is 2.80 bits per heavy atom. The van der Waals surface area contributed by atoms with Crippen LogP contribution in [0, 0.1) is 0 Å². The number of nitrogens with one attached hydrogen (secondary N) is 1. The van der Waals surface area contributed by atoms with E-state index in [1.54, 1.807) is 11.0 Å². The van der Waals surface area contributed by atoms with Gasteiger partial charge in [0.1, 0.15) is 17.4 Å². The minimum absolute atomic E-state index is 0.000249. The zero-order valence-corrected chi connectivity index (χ0v) is 16.6. The zero-order valence-electron chi connectivity index (χ0n) is 16.6. The number of likely N-dealkylation sites (tertiary alicyclic amines) is 1. The van der Waals surface area contributed by atoms with Gasteiger partial charge in [0.05, 0.1) is 32.2 Å². The summed E-state index contributed by atoms with van der Waals surface area (Å²) in [7, 11) is 0.